The quantitative estimate of drug-likeness (QED) is 0.891. The maximum atomic E-state index is 9.09. The number of hydrogen-bond donors (Lipinski definition) is 2. The van der Waals surface area contributed by atoms with Crippen LogP contribution >= 0.6 is 11.6 Å². The number of hydrogen-bond acceptors (Lipinski definition) is 3. The number of aliphatic hydroxyl groups excluding tert-OH is 1. The van der Waals surface area contributed by atoms with Gasteiger partial charge in [0, 0.05) is 28.9 Å². The highest BCUT2D eigenvalue weighted by Crippen LogP contribution is 2.35. The maximum absolute atomic E-state index is 9.09. The number of nitrogens with one attached hydrogen (secondary N) is 1. The number of aryl methyl sites for hydroxylation is 1. The molecule has 1 aromatic heterocycles. The average molecular weight is 320 g/mol. The molecule has 0 saturated heterocycles. The third-order valence-electron chi connectivity index (χ3n) is 4.58. The van der Waals surface area contributed by atoms with Gasteiger partial charge < -0.3 is 10.4 Å². The Morgan fingerprint density at radius 3 is 3.00 bits per heavy atom. The van der Waals surface area contributed by atoms with Crippen LogP contribution in [0.3, 0.4) is 0 Å². The van der Waals surface area contributed by atoms with E-state index in [2.05, 4.69) is 23.4 Å². The van der Waals surface area contributed by atoms with Crippen molar-refractivity contribution < 1.29 is 5.11 Å². The van der Waals surface area contributed by atoms with Crippen LogP contribution in [0.2, 0.25) is 5.02 Å². The minimum absolute atomic E-state index is 0.114. The second-order valence-electron chi connectivity index (χ2n) is 5.88. The lowest BCUT2D eigenvalue weighted by atomic mass is 10.1. The van der Waals surface area contributed by atoms with Crippen LogP contribution < -0.4 is 5.32 Å². The van der Waals surface area contributed by atoms with E-state index in [1.54, 1.807) is 0 Å². The SMILES string of the molecule is Cc1nn(CCO)c(C)c1CN[C@H]1CCc2c(Cl)cccc21. The molecule has 1 heterocycles. The standard InChI is InChI=1S/C17H22ClN3O/c1-11-15(12(2)21(20-11)8-9-22)10-19-17-7-6-13-14(17)4-3-5-16(13)18/h3-5,17,19,22H,6-10H2,1-2H3/t17-/m0/s1. The summed E-state index contributed by atoms with van der Waals surface area (Å²) >= 11 is 6.28. The predicted molar refractivity (Wildman–Crippen MR) is 88.1 cm³/mol. The first kappa shape index (κ1) is 15.5. The van der Waals surface area contributed by atoms with E-state index in [1.165, 1.54) is 16.7 Å². The van der Waals surface area contributed by atoms with Crippen LogP contribution in [-0.2, 0) is 19.5 Å². The Kier molecular flexibility index (Phi) is 4.52. The summed E-state index contributed by atoms with van der Waals surface area (Å²) in [4.78, 5) is 0. The number of halogens is 1. The summed E-state index contributed by atoms with van der Waals surface area (Å²) in [5.74, 6) is 0. The van der Waals surface area contributed by atoms with Gasteiger partial charge in [-0.05, 0) is 43.9 Å². The van der Waals surface area contributed by atoms with Gasteiger partial charge in [0.1, 0.15) is 0 Å². The molecule has 0 spiro atoms. The average Bonchev–Trinajstić information content (AvgIpc) is 3.02. The van der Waals surface area contributed by atoms with Crippen LogP contribution in [0.4, 0.5) is 0 Å². The van der Waals surface area contributed by atoms with Crippen molar-refractivity contribution in [2.24, 2.45) is 0 Å². The number of aliphatic hydroxyl groups is 1. The molecule has 1 aliphatic carbocycles. The van der Waals surface area contributed by atoms with Crippen molar-refractivity contribution in [1.82, 2.24) is 15.1 Å². The van der Waals surface area contributed by atoms with Crippen LogP contribution in [0.5, 0.6) is 0 Å². The molecule has 3 rings (SSSR count). The summed E-state index contributed by atoms with van der Waals surface area (Å²) in [6.07, 6.45) is 2.12. The summed E-state index contributed by atoms with van der Waals surface area (Å²) in [5.41, 5.74) is 5.99. The second-order valence-corrected chi connectivity index (χ2v) is 6.28. The molecule has 0 fully saturated rings. The lowest BCUT2D eigenvalue weighted by Crippen LogP contribution is -2.19. The summed E-state index contributed by atoms with van der Waals surface area (Å²) in [6.45, 7) is 5.54. The normalized spacial score (nSPS) is 17.0. The van der Waals surface area contributed by atoms with E-state index in [-0.39, 0.29) is 6.61 Å². The molecule has 0 unspecified atom stereocenters. The molecule has 2 aromatic rings. The molecule has 22 heavy (non-hydrogen) atoms. The molecule has 5 heteroatoms. The zero-order valence-electron chi connectivity index (χ0n) is 13.1. The van der Waals surface area contributed by atoms with E-state index in [1.807, 2.05) is 23.7 Å². The van der Waals surface area contributed by atoms with Crippen LogP contribution in [0, 0.1) is 13.8 Å². The van der Waals surface area contributed by atoms with Crippen LogP contribution in [-0.4, -0.2) is 21.5 Å². The molecule has 0 saturated carbocycles. The molecule has 4 nitrogen and oxygen atoms in total. The lowest BCUT2D eigenvalue weighted by molar-refractivity contribution is 0.267. The van der Waals surface area contributed by atoms with Crippen molar-refractivity contribution in [2.75, 3.05) is 6.61 Å². The van der Waals surface area contributed by atoms with Crippen molar-refractivity contribution in [2.45, 2.75) is 45.8 Å². The number of aromatic nitrogens is 2. The molecule has 1 aromatic carbocycles. The molecule has 1 aliphatic rings. The zero-order chi connectivity index (χ0) is 15.7. The lowest BCUT2D eigenvalue weighted by Gasteiger charge is -2.14. The van der Waals surface area contributed by atoms with Gasteiger partial charge in [0.25, 0.3) is 0 Å². The van der Waals surface area contributed by atoms with Gasteiger partial charge in [-0.1, -0.05) is 23.7 Å². The molecule has 0 radical (unpaired) electrons. The Bertz CT molecular complexity index is 681. The minimum Gasteiger partial charge on any atom is -0.394 e. The van der Waals surface area contributed by atoms with Gasteiger partial charge in [-0.2, -0.15) is 5.10 Å². The first-order valence-corrected chi connectivity index (χ1v) is 8.14. The van der Waals surface area contributed by atoms with Crippen molar-refractivity contribution in [3.8, 4) is 0 Å². The van der Waals surface area contributed by atoms with Crippen molar-refractivity contribution in [3.63, 3.8) is 0 Å². The van der Waals surface area contributed by atoms with Gasteiger partial charge in [-0.25, -0.2) is 0 Å². The molecule has 0 aliphatic heterocycles. The molecule has 1 atom stereocenters. The number of nitrogens with zero attached hydrogens (tertiary/aromatic N) is 2. The van der Waals surface area contributed by atoms with Crippen molar-refractivity contribution in [3.05, 3.63) is 51.3 Å². The van der Waals surface area contributed by atoms with E-state index in [4.69, 9.17) is 16.7 Å². The van der Waals surface area contributed by atoms with E-state index < -0.39 is 0 Å². The van der Waals surface area contributed by atoms with Crippen molar-refractivity contribution >= 4 is 11.6 Å². The molecule has 0 bridgehead atoms. The van der Waals surface area contributed by atoms with Crippen LogP contribution in [0.25, 0.3) is 0 Å². The highest BCUT2D eigenvalue weighted by Gasteiger charge is 2.24. The molecule has 118 valence electrons. The first-order chi connectivity index (χ1) is 10.6. The van der Waals surface area contributed by atoms with Crippen LogP contribution in [0.15, 0.2) is 18.2 Å². The van der Waals surface area contributed by atoms with Crippen LogP contribution in [0.1, 0.15) is 40.5 Å². The molecular formula is C17H22ClN3O. The fourth-order valence-corrected chi connectivity index (χ4v) is 3.63. The Morgan fingerprint density at radius 2 is 2.23 bits per heavy atom. The maximum Gasteiger partial charge on any atom is 0.0644 e. The highest BCUT2D eigenvalue weighted by atomic mass is 35.5. The van der Waals surface area contributed by atoms with E-state index in [0.29, 0.717) is 12.6 Å². The number of rotatable bonds is 5. The summed E-state index contributed by atoms with van der Waals surface area (Å²) in [7, 11) is 0. The second kappa shape index (κ2) is 6.41. The smallest absolute Gasteiger partial charge is 0.0644 e. The van der Waals surface area contributed by atoms with Gasteiger partial charge in [0.05, 0.1) is 18.8 Å². The fourth-order valence-electron chi connectivity index (χ4n) is 3.35. The Morgan fingerprint density at radius 1 is 1.41 bits per heavy atom. The summed E-state index contributed by atoms with van der Waals surface area (Å²) in [6, 6.07) is 6.52. The summed E-state index contributed by atoms with van der Waals surface area (Å²) < 4.78 is 1.88. The van der Waals surface area contributed by atoms with E-state index >= 15 is 0 Å². The topological polar surface area (TPSA) is 50.1 Å². The van der Waals surface area contributed by atoms with Gasteiger partial charge >= 0.3 is 0 Å². The largest absolute Gasteiger partial charge is 0.394 e. The summed E-state index contributed by atoms with van der Waals surface area (Å²) in [5, 5.41) is 18.1. The van der Waals surface area contributed by atoms with Gasteiger partial charge in [-0.15, -0.1) is 0 Å². The number of fused-ring (bicyclic) bond motifs is 1. The Hall–Kier alpha value is -1.36. The zero-order valence-corrected chi connectivity index (χ0v) is 13.8. The molecule has 2 N–H and O–H groups in total. The molecule has 0 amide bonds. The van der Waals surface area contributed by atoms with E-state index in [0.717, 1.165) is 35.8 Å². The minimum atomic E-state index is 0.114. The van der Waals surface area contributed by atoms with Gasteiger partial charge in [0.15, 0.2) is 0 Å². The van der Waals surface area contributed by atoms with Gasteiger partial charge in [-0.3, -0.25) is 4.68 Å². The molecular weight excluding hydrogens is 298 g/mol. The van der Waals surface area contributed by atoms with Gasteiger partial charge in [0.2, 0.25) is 0 Å². The third-order valence-corrected chi connectivity index (χ3v) is 4.94. The monoisotopic (exact) mass is 319 g/mol. The Labute approximate surface area is 136 Å². The number of benzene rings is 1. The van der Waals surface area contributed by atoms with Crippen molar-refractivity contribution in [1.29, 1.82) is 0 Å². The highest BCUT2D eigenvalue weighted by molar-refractivity contribution is 6.31. The predicted octanol–water partition coefficient (Wildman–Crippen LogP) is 2.92. The fraction of sp³-hybridized carbons (Fsp3) is 0.471. The van der Waals surface area contributed by atoms with E-state index in [9.17, 15) is 0 Å². The Balaban J connectivity index is 1.74. The third kappa shape index (κ3) is 2.78. The first-order valence-electron chi connectivity index (χ1n) is 7.76.